The normalized spacial score (nSPS) is 16.1. The van der Waals surface area contributed by atoms with Crippen LogP contribution in [0.5, 0.6) is 0 Å². The van der Waals surface area contributed by atoms with Gasteiger partial charge in [0.15, 0.2) is 12.4 Å². The molecule has 0 spiro atoms. The zero-order valence-electron chi connectivity index (χ0n) is 14.8. The van der Waals surface area contributed by atoms with Crippen molar-refractivity contribution in [2.24, 2.45) is 0 Å². The summed E-state index contributed by atoms with van der Waals surface area (Å²) < 4.78 is 43.1. The van der Waals surface area contributed by atoms with Gasteiger partial charge in [0.25, 0.3) is 0 Å². The van der Waals surface area contributed by atoms with Gasteiger partial charge in [0.2, 0.25) is 10.0 Å². The van der Waals surface area contributed by atoms with Gasteiger partial charge in [0.1, 0.15) is 5.82 Å². The number of sulfonamides is 1. The fraction of sp³-hybridized carbons (Fsp3) is 0.263. The third-order valence-electron chi connectivity index (χ3n) is 4.33. The fourth-order valence-electron chi connectivity index (χ4n) is 3.17. The average Bonchev–Trinajstić information content (AvgIpc) is 2.94. The molecule has 0 saturated heterocycles. The minimum absolute atomic E-state index is 0.149. The maximum absolute atomic E-state index is 12.9. The lowest BCUT2D eigenvalue weighted by atomic mass is 10.0. The zero-order valence-corrected chi connectivity index (χ0v) is 15.6. The molecule has 3 rings (SSSR count). The van der Waals surface area contributed by atoms with Crippen molar-refractivity contribution in [1.82, 2.24) is 0 Å². The van der Waals surface area contributed by atoms with Gasteiger partial charge in [-0.2, -0.15) is 0 Å². The number of halogens is 1. The van der Waals surface area contributed by atoms with Crippen LogP contribution in [0.2, 0.25) is 0 Å². The van der Waals surface area contributed by atoms with Crippen LogP contribution in [0.1, 0.15) is 33.2 Å². The molecule has 0 unspecified atom stereocenters. The van der Waals surface area contributed by atoms with E-state index in [0.29, 0.717) is 17.7 Å². The highest BCUT2D eigenvalue weighted by Gasteiger charge is 2.32. The SMILES string of the molecule is C[C@H]1Cc2cc(C(=O)COC(=O)c3ccc(F)cc3)ccc2N1S(C)(=O)=O. The predicted octanol–water partition coefficient (Wildman–Crippen LogP) is 2.58. The Hall–Kier alpha value is -2.74. The Labute approximate surface area is 156 Å². The number of anilines is 1. The Morgan fingerprint density at radius 3 is 2.41 bits per heavy atom. The summed E-state index contributed by atoms with van der Waals surface area (Å²) in [5.74, 6) is -1.60. The summed E-state index contributed by atoms with van der Waals surface area (Å²) in [5.41, 5.74) is 1.80. The Kier molecular flexibility index (Phi) is 5.01. The van der Waals surface area contributed by atoms with Gasteiger partial charge in [0.05, 0.1) is 17.5 Å². The fourth-order valence-corrected chi connectivity index (χ4v) is 4.43. The van der Waals surface area contributed by atoms with Gasteiger partial charge in [-0.05, 0) is 61.4 Å². The number of benzene rings is 2. The maximum Gasteiger partial charge on any atom is 0.338 e. The number of carbonyl (C=O) groups excluding carboxylic acids is 2. The van der Waals surface area contributed by atoms with Crippen molar-refractivity contribution in [3.63, 3.8) is 0 Å². The van der Waals surface area contributed by atoms with Crippen LogP contribution in [-0.4, -0.2) is 39.1 Å². The molecule has 142 valence electrons. The highest BCUT2D eigenvalue weighted by atomic mass is 32.2. The smallest absolute Gasteiger partial charge is 0.338 e. The summed E-state index contributed by atoms with van der Waals surface area (Å²) in [4.78, 5) is 24.2. The topological polar surface area (TPSA) is 80.8 Å². The molecule has 0 fully saturated rings. The van der Waals surface area contributed by atoms with E-state index in [9.17, 15) is 22.4 Å². The molecule has 27 heavy (non-hydrogen) atoms. The van der Waals surface area contributed by atoms with Crippen LogP contribution in [0, 0.1) is 5.82 Å². The monoisotopic (exact) mass is 391 g/mol. The summed E-state index contributed by atoms with van der Waals surface area (Å²) in [6.07, 6.45) is 1.64. The van der Waals surface area contributed by atoms with Crippen molar-refractivity contribution in [3.8, 4) is 0 Å². The lowest BCUT2D eigenvalue weighted by Crippen LogP contribution is -2.34. The van der Waals surface area contributed by atoms with Crippen LogP contribution >= 0.6 is 0 Å². The number of ether oxygens (including phenoxy) is 1. The van der Waals surface area contributed by atoms with Crippen LogP contribution in [0.15, 0.2) is 42.5 Å². The second-order valence-electron chi connectivity index (χ2n) is 6.46. The van der Waals surface area contributed by atoms with Gasteiger partial charge in [-0.25, -0.2) is 17.6 Å². The van der Waals surface area contributed by atoms with E-state index in [1.165, 1.54) is 22.5 Å². The van der Waals surface area contributed by atoms with Crippen LogP contribution in [0.4, 0.5) is 10.1 Å². The highest BCUT2D eigenvalue weighted by Crippen LogP contribution is 2.34. The van der Waals surface area contributed by atoms with E-state index in [1.807, 2.05) is 0 Å². The largest absolute Gasteiger partial charge is 0.454 e. The van der Waals surface area contributed by atoms with Crippen LogP contribution in [0.3, 0.4) is 0 Å². The average molecular weight is 391 g/mol. The molecule has 0 aliphatic carbocycles. The molecular weight excluding hydrogens is 373 g/mol. The van der Waals surface area contributed by atoms with Crippen molar-refractivity contribution in [2.75, 3.05) is 17.2 Å². The summed E-state index contributed by atoms with van der Waals surface area (Å²) in [5, 5.41) is 0. The number of Topliss-reactive ketones (excluding diaryl/α,β-unsaturated/α-hetero) is 1. The first-order valence-electron chi connectivity index (χ1n) is 8.25. The molecule has 8 heteroatoms. The first-order valence-corrected chi connectivity index (χ1v) is 10.1. The van der Waals surface area contributed by atoms with Gasteiger partial charge >= 0.3 is 5.97 Å². The minimum atomic E-state index is -3.40. The van der Waals surface area contributed by atoms with E-state index < -0.39 is 34.2 Å². The Bertz CT molecular complexity index is 1000. The minimum Gasteiger partial charge on any atom is -0.454 e. The van der Waals surface area contributed by atoms with Crippen molar-refractivity contribution < 1.29 is 27.1 Å². The molecule has 0 amide bonds. The van der Waals surface area contributed by atoms with E-state index in [1.54, 1.807) is 19.1 Å². The molecule has 1 atom stereocenters. The van der Waals surface area contributed by atoms with Crippen molar-refractivity contribution in [1.29, 1.82) is 0 Å². The first-order chi connectivity index (χ1) is 12.7. The zero-order chi connectivity index (χ0) is 19.8. The number of nitrogens with zero attached hydrogens (tertiary/aromatic N) is 1. The van der Waals surface area contributed by atoms with E-state index in [-0.39, 0.29) is 11.6 Å². The van der Waals surface area contributed by atoms with Gasteiger partial charge in [-0.1, -0.05) is 0 Å². The third kappa shape index (κ3) is 4.00. The molecule has 0 N–H and O–H groups in total. The molecule has 0 saturated carbocycles. The Morgan fingerprint density at radius 2 is 1.78 bits per heavy atom. The number of fused-ring (bicyclic) bond motifs is 1. The van der Waals surface area contributed by atoms with Gasteiger partial charge in [-0.15, -0.1) is 0 Å². The lowest BCUT2D eigenvalue weighted by Gasteiger charge is -2.21. The third-order valence-corrected chi connectivity index (χ3v) is 5.60. The van der Waals surface area contributed by atoms with Gasteiger partial charge < -0.3 is 4.74 Å². The quantitative estimate of drug-likeness (QED) is 0.578. The molecule has 1 heterocycles. The summed E-state index contributed by atoms with van der Waals surface area (Å²) in [6.45, 7) is 1.34. The van der Waals surface area contributed by atoms with E-state index in [0.717, 1.165) is 24.0 Å². The highest BCUT2D eigenvalue weighted by molar-refractivity contribution is 7.92. The molecular formula is C19H18FNO5S. The van der Waals surface area contributed by atoms with Crippen molar-refractivity contribution >= 4 is 27.5 Å². The number of hydrogen-bond donors (Lipinski definition) is 0. The number of carbonyl (C=O) groups is 2. The number of ketones is 1. The van der Waals surface area contributed by atoms with E-state index in [2.05, 4.69) is 0 Å². The van der Waals surface area contributed by atoms with E-state index >= 15 is 0 Å². The predicted molar refractivity (Wildman–Crippen MR) is 97.9 cm³/mol. The van der Waals surface area contributed by atoms with Gasteiger partial charge in [0, 0.05) is 11.6 Å². The standard InChI is InChI=1S/C19H18FNO5S/c1-12-9-15-10-14(5-8-17(15)21(12)27(2,24)25)18(22)11-26-19(23)13-3-6-16(20)7-4-13/h3-8,10,12H,9,11H2,1-2H3/t12-/m0/s1. The molecule has 2 aromatic rings. The second kappa shape index (κ2) is 7.11. The number of rotatable bonds is 5. The van der Waals surface area contributed by atoms with Crippen molar-refractivity contribution in [3.05, 3.63) is 65.0 Å². The Balaban J connectivity index is 1.71. The molecule has 0 bridgehead atoms. The number of esters is 1. The molecule has 1 aliphatic heterocycles. The second-order valence-corrected chi connectivity index (χ2v) is 8.32. The molecule has 6 nitrogen and oxygen atoms in total. The Morgan fingerprint density at radius 1 is 1.15 bits per heavy atom. The first kappa shape index (κ1) is 19.0. The molecule has 0 radical (unpaired) electrons. The molecule has 1 aliphatic rings. The summed E-state index contributed by atoms with van der Waals surface area (Å²) >= 11 is 0. The van der Waals surface area contributed by atoms with Crippen LogP contribution in [0.25, 0.3) is 0 Å². The van der Waals surface area contributed by atoms with Crippen LogP contribution < -0.4 is 4.31 Å². The lowest BCUT2D eigenvalue weighted by molar-refractivity contribution is 0.0474. The summed E-state index contributed by atoms with van der Waals surface area (Å²) in [6, 6.07) is 9.33. The van der Waals surface area contributed by atoms with Gasteiger partial charge in [-0.3, -0.25) is 9.10 Å². The molecule has 2 aromatic carbocycles. The van der Waals surface area contributed by atoms with Crippen LogP contribution in [-0.2, 0) is 21.2 Å². The maximum atomic E-state index is 12.9. The molecule has 0 aromatic heterocycles. The van der Waals surface area contributed by atoms with E-state index in [4.69, 9.17) is 4.74 Å². The summed E-state index contributed by atoms with van der Waals surface area (Å²) in [7, 11) is -3.40. The van der Waals surface area contributed by atoms with Crippen molar-refractivity contribution in [2.45, 2.75) is 19.4 Å². The number of hydrogen-bond acceptors (Lipinski definition) is 5.